The third-order valence-corrected chi connectivity index (χ3v) is 3.41. The highest BCUT2D eigenvalue weighted by Crippen LogP contribution is 2.02. The molecule has 0 bridgehead atoms. The molecular formula is C13H27N3O. The maximum absolute atomic E-state index is 11.9. The molecule has 0 radical (unpaired) electrons. The molecule has 1 aliphatic rings. The predicted octanol–water partition coefficient (Wildman–Crippen LogP) is 0.977. The van der Waals surface area contributed by atoms with Gasteiger partial charge in [0.25, 0.3) is 0 Å². The molecule has 1 rings (SSSR count). The quantitative estimate of drug-likeness (QED) is 0.653. The number of unbranched alkanes of at least 4 members (excludes halogenated alkanes) is 3. The van der Waals surface area contributed by atoms with E-state index in [4.69, 9.17) is 0 Å². The van der Waals surface area contributed by atoms with E-state index in [1.807, 2.05) is 6.92 Å². The van der Waals surface area contributed by atoms with Crippen molar-refractivity contribution < 1.29 is 4.79 Å². The average Bonchev–Trinajstić information content (AvgIpc) is 2.38. The van der Waals surface area contributed by atoms with Gasteiger partial charge in [-0.3, -0.25) is 9.69 Å². The Morgan fingerprint density at radius 1 is 1.29 bits per heavy atom. The number of rotatable bonds is 7. The first kappa shape index (κ1) is 14.5. The van der Waals surface area contributed by atoms with E-state index in [-0.39, 0.29) is 11.9 Å². The number of nitrogens with one attached hydrogen (secondary N) is 2. The molecule has 1 aliphatic heterocycles. The second-order valence-corrected chi connectivity index (χ2v) is 4.81. The van der Waals surface area contributed by atoms with Crippen molar-refractivity contribution in [2.45, 2.75) is 45.6 Å². The Balaban J connectivity index is 2.13. The summed E-state index contributed by atoms with van der Waals surface area (Å²) in [6.07, 6.45) is 4.83. The van der Waals surface area contributed by atoms with Gasteiger partial charge in [-0.15, -0.1) is 0 Å². The van der Waals surface area contributed by atoms with Gasteiger partial charge in [0.1, 0.15) is 0 Å². The molecular weight excluding hydrogens is 214 g/mol. The molecule has 0 aromatic carbocycles. The zero-order valence-electron chi connectivity index (χ0n) is 11.3. The van der Waals surface area contributed by atoms with Crippen LogP contribution in [0, 0.1) is 0 Å². The summed E-state index contributed by atoms with van der Waals surface area (Å²) in [5.41, 5.74) is 0. The maximum atomic E-state index is 11.9. The van der Waals surface area contributed by atoms with E-state index in [2.05, 4.69) is 22.5 Å². The van der Waals surface area contributed by atoms with Gasteiger partial charge in [0, 0.05) is 32.7 Å². The number of carbonyl (C=O) groups is 1. The Kier molecular flexibility index (Phi) is 7.21. The van der Waals surface area contributed by atoms with Crippen LogP contribution in [0.25, 0.3) is 0 Å². The number of nitrogens with zero attached hydrogens (tertiary/aromatic N) is 1. The molecule has 1 fully saturated rings. The van der Waals surface area contributed by atoms with Crippen LogP contribution in [0.4, 0.5) is 0 Å². The fourth-order valence-corrected chi connectivity index (χ4v) is 2.15. The predicted molar refractivity (Wildman–Crippen MR) is 71.1 cm³/mol. The van der Waals surface area contributed by atoms with Crippen LogP contribution in [-0.4, -0.2) is 49.6 Å². The summed E-state index contributed by atoms with van der Waals surface area (Å²) in [6, 6.07) is 0.0169. The van der Waals surface area contributed by atoms with Crippen LogP contribution < -0.4 is 10.6 Å². The molecule has 1 amide bonds. The lowest BCUT2D eigenvalue weighted by molar-refractivity contribution is -0.126. The second kappa shape index (κ2) is 8.48. The number of hydrogen-bond donors (Lipinski definition) is 2. The van der Waals surface area contributed by atoms with Crippen molar-refractivity contribution in [3.8, 4) is 0 Å². The van der Waals surface area contributed by atoms with E-state index in [0.717, 1.165) is 39.1 Å². The van der Waals surface area contributed by atoms with E-state index in [1.54, 1.807) is 0 Å². The first-order valence-corrected chi connectivity index (χ1v) is 6.98. The lowest BCUT2D eigenvalue weighted by atomic mass is 10.2. The van der Waals surface area contributed by atoms with Crippen LogP contribution in [0.5, 0.6) is 0 Å². The van der Waals surface area contributed by atoms with Crippen LogP contribution in [-0.2, 0) is 4.79 Å². The highest BCUT2D eigenvalue weighted by Gasteiger charge is 2.21. The van der Waals surface area contributed by atoms with Crippen molar-refractivity contribution in [3.05, 3.63) is 0 Å². The minimum absolute atomic E-state index is 0.0169. The monoisotopic (exact) mass is 241 g/mol. The van der Waals surface area contributed by atoms with Gasteiger partial charge in [-0.2, -0.15) is 0 Å². The van der Waals surface area contributed by atoms with E-state index < -0.39 is 0 Å². The first-order valence-electron chi connectivity index (χ1n) is 6.98. The molecule has 1 saturated heterocycles. The Hall–Kier alpha value is -0.610. The maximum Gasteiger partial charge on any atom is 0.237 e. The zero-order valence-corrected chi connectivity index (χ0v) is 11.3. The molecule has 17 heavy (non-hydrogen) atoms. The molecule has 100 valence electrons. The number of carbonyl (C=O) groups excluding carboxylic acids is 1. The standard InChI is InChI=1S/C13H27N3O/c1-3-4-5-6-7-15-13(17)12(2)16-10-8-14-9-11-16/h12,14H,3-11H2,1-2H3,(H,15,17). The second-order valence-electron chi connectivity index (χ2n) is 4.81. The molecule has 4 heteroatoms. The molecule has 1 unspecified atom stereocenters. The van der Waals surface area contributed by atoms with Crippen LogP contribution in [0.3, 0.4) is 0 Å². The molecule has 4 nitrogen and oxygen atoms in total. The Bertz CT molecular complexity index is 215. The van der Waals surface area contributed by atoms with Gasteiger partial charge in [-0.05, 0) is 13.3 Å². The summed E-state index contributed by atoms with van der Waals surface area (Å²) in [7, 11) is 0. The molecule has 1 atom stereocenters. The van der Waals surface area contributed by atoms with Gasteiger partial charge in [0.05, 0.1) is 6.04 Å². The largest absolute Gasteiger partial charge is 0.355 e. The highest BCUT2D eigenvalue weighted by atomic mass is 16.2. The molecule has 0 aromatic rings. The first-order chi connectivity index (χ1) is 8.25. The van der Waals surface area contributed by atoms with E-state index >= 15 is 0 Å². The van der Waals surface area contributed by atoms with Gasteiger partial charge in [0.15, 0.2) is 0 Å². The van der Waals surface area contributed by atoms with Crippen LogP contribution in [0.2, 0.25) is 0 Å². The van der Waals surface area contributed by atoms with Crippen LogP contribution >= 0.6 is 0 Å². The fourth-order valence-electron chi connectivity index (χ4n) is 2.15. The fraction of sp³-hybridized carbons (Fsp3) is 0.923. The third-order valence-electron chi connectivity index (χ3n) is 3.41. The molecule has 1 heterocycles. The minimum Gasteiger partial charge on any atom is -0.355 e. The van der Waals surface area contributed by atoms with Crippen molar-refractivity contribution in [1.82, 2.24) is 15.5 Å². The zero-order chi connectivity index (χ0) is 12.5. The minimum atomic E-state index is 0.0169. The summed E-state index contributed by atoms with van der Waals surface area (Å²) >= 11 is 0. The van der Waals surface area contributed by atoms with Crippen molar-refractivity contribution in [2.75, 3.05) is 32.7 Å². The Morgan fingerprint density at radius 2 is 2.00 bits per heavy atom. The third kappa shape index (κ3) is 5.50. The van der Waals surface area contributed by atoms with Gasteiger partial charge in [-0.25, -0.2) is 0 Å². The normalized spacial score (nSPS) is 18.9. The Morgan fingerprint density at radius 3 is 2.65 bits per heavy atom. The summed E-state index contributed by atoms with van der Waals surface area (Å²) in [6.45, 7) is 8.98. The summed E-state index contributed by atoms with van der Waals surface area (Å²) < 4.78 is 0. The van der Waals surface area contributed by atoms with Crippen molar-refractivity contribution >= 4 is 5.91 Å². The molecule has 2 N–H and O–H groups in total. The van der Waals surface area contributed by atoms with Crippen LogP contribution in [0.1, 0.15) is 39.5 Å². The summed E-state index contributed by atoms with van der Waals surface area (Å²) in [4.78, 5) is 14.1. The van der Waals surface area contributed by atoms with Gasteiger partial charge < -0.3 is 10.6 Å². The highest BCUT2D eigenvalue weighted by molar-refractivity contribution is 5.81. The lowest BCUT2D eigenvalue weighted by Crippen LogP contribution is -2.52. The summed E-state index contributed by atoms with van der Waals surface area (Å²) in [5.74, 6) is 0.184. The average molecular weight is 241 g/mol. The van der Waals surface area contributed by atoms with Gasteiger partial charge in [0.2, 0.25) is 5.91 Å². The molecule has 0 spiro atoms. The van der Waals surface area contributed by atoms with Gasteiger partial charge >= 0.3 is 0 Å². The number of piperazine rings is 1. The van der Waals surface area contributed by atoms with Crippen molar-refractivity contribution in [3.63, 3.8) is 0 Å². The molecule has 0 aliphatic carbocycles. The molecule has 0 aromatic heterocycles. The molecule has 0 saturated carbocycles. The van der Waals surface area contributed by atoms with Crippen molar-refractivity contribution in [1.29, 1.82) is 0 Å². The SMILES string of the molecule is CCCCCCNC(=O)C(C)N1CCNCC1. The van der Waals surface area contributed by atoms with Gasteiger partial charge in [-0.1, -0.05) is 26.2 Å². The number of amides is 1. The Labute approximate surface area is 105 Å². The lowest BCUT2D eigenvalue weighted by Gasteiger charge is -2.31. The van der Waals surface area contributed by atoms with E-state index in [9.17, 15) is 4.79 Å². The summed E-state index contributed by atoms with van der Waals surface area (Å²) in [5, 5.41) is 6.34. The van der Waals surface area contributed by atoms with E-state index in [0.29, 0.717) is 0 Å². The topological polar surface area (TPSA) is 44.4 Å². The van der Waals surface area contributed by atoms with E-state index in [1.165, 1.54) is 19.3 Å². The van der Waals surface area contributed by atoms with Crippen molar-refractivity contribution in [2.24, 2.45) is 0 Å². The smallest absolute Gasteiger partial charge is 0.237 e. The van der Waals surface area contributed by atoms with Crippen LogP contribution in [0.15, 0.2) is 0 Å². The number of hydrogen-bond acceptors (Lipinski definition) is 3.